The van der Waals surface area contributed by atoms with Gasteiger partial charge in [-0.05, 0) is 42.0 Å². The quantitative estimate of drug-likeness (QED) is 0.455. The maximum absolute atomic E-state index is 13.4. The average Bonchev–Trinajstić information content (AvgIpc) is 3.32. The summed E-state index contributed by atoms with van der Waals surface area (Å²) in [5.74, 6) is -0.111. The van der Waals surface area contributed by atoms with Gasteiger partial charge in [0.05, 0.1) is 13.2 Å². The molecule has 0 bridgehead atoms. The van der Waals surface area contributed by atoms with Crippen molar-refractivity contribution in [2.24, 2.45) is 0 Å². The molecule has 33 heavy (non-hydrogen) atoms. The zero-order valence-electron chi connectivity index (χ0n) is 19.4. The Balaban J connectivity index is 1.76. The SMILES string of the molecule is COCCN(CC(=O)N(Cc1ccccc1)Cc1cccs1)C(=O)Nc1c(C)cccc1C. The van der Waals surface area contributed by atoms with Crippen LogP contribution in [0, 0.1) is 13.8 Å². The van der Waals surface area contributed by atoms with Crippen molar-refractivity contribution in [2.45, 2.75) is 26.9 Å². The highest BCUT2D eigenvalue weighted by Gasteiger charge is 2.23. The fourth-order valence-electron chi connectivity index (χ4n) is 3.54. The fourth-order valence-corrected chi connectivity index (χ4v) is 4.26. The number of amides is 3. The predicted octanol–water partition coefficient (Wildman–Crippen LogP) is 5.07. The van der Waals surface area contributed by atoms with Gasteiger partial charge in [0.25, 0.3) is 0 Å². The predicted molar refractivity (Wildman–Crippen MR) is 133 cm³/mol. The van der Waals surface area contributed by atoms with Gasteiger partial charge in [0.1, 0.15) is 6.54 Å². The van der Waals surface area contributed by atoms with E-state index in [1.165, 1.54) is 4.90 Å². The van der Waals surface area contributed by atoms with Crippen molar-refractivity contribution >= 4 is 29.0 Å². The molecule has 0 aliphatic carbocycles. The molecule has 0 radical (unpaired) electrons. The van der Waals surface area contributed by atoms with Crippen LogP contribution in [0.1, 0.15) is 21.6 Å². The molecule has 0 aliphatic heterocycles. The first-order valence-corrected chi connectivity index (χ1v) is 11.8. The number of thiophene rings is 1. The normalized spacial score (nSPS) is 10.6. The molecular formula is C26H31N3O3S. The van der Waals surface area contributed by atoms with Gasteiger partial charge in [-0.25, -0.2) is 4.79 Å². The van der Waals surface area contributed by atoms with Crippen LogP contribution in [0.3, 0.4) is 0 Å². The van der Waals surface area contributed by atoms with Gasteiger partial charge in [-0.3, -0.25) is 4.79 Å². The Morgan fingerprint density at radius 3 is 2.27 bits per heavy atom. The Kier molecular flexibility index (Phi) is 9.04. The first-order valence-electron chi connectivity index (χ1n) is 10.9. The number of hydrogen-bond donors (Lipinski definition) is 1. The number of ether oxygens (including phenoxy) is 1. The number of anilines is 1. The molecule has 1 aromatic heterocycles. The monoisotopic (exact) mass is 465 g/mol. The van der Waals surface area contributed by atoms with Gasteiger partial charge >= 0.3 is 6.03 Å². The van der Waals surface area contributed by atoms with Crippen LogP contribution >= 0.6 is 11.3 Å². The summed E-state index contributed by atoms with van der Waals surface area (Å²) in [6.07, 6.45) is 0. The molecule has 3 rings (SSSR count). The Morgan fingerprint density at radius 2 is 1.64 bits per heavy atom. The molecule has 7 heteroatoms. The van der Waals surface area contributed by atoms with Crippen LogP contribution in [0.25, 0.3) is 0 Å². The zero-order valence-corrected chi connectivity index (χ0v) is 20.2. The molecule has 0 saturated heterocycles. The van der Waals surface area contributed by atoms with E-state index >= 15 is 0 Å². The minimum Gasteiger partial charge on any atom is -0.383 e. The molecule has 0 fully saturated rings. The standard InChI is InChI=1S/C26H31N3O3S/c1-20-9-7-10-21(2)25(20)27-26(31)28(14-15-32-3)19-24(30)29(18-23-13-8-16-33-23)17-22-11-5-4-6-12-22/h4-13,16H,14-15,17-19H2,1-3H3,(H,27,31). The second-order valence-electron chi connectivity index (χ2n) is 7.93. The topological polar surface area (TPSA) is 61.9 Å². The van der Waals surface area contributed by atoms with Crippen molar-refractivity contribution in [1.82, 2.24) is 9.80 Å². The van der Waals surface area contributed by atoms with Gasteiger partial charge in [0, 0.05) is 30.8 Å². The number of nitrogens with one attached hydrogen (secondary N) is 1. The molecule has 0 aliphatic rings. The number of hydrogen-bond acceptors (Lipinski definition) is 4. The molecule has 0 saturated carbocycles. The number of nitrogens with zero attached hydrogens (tertiary/aromatic N) is 2. The molecule has 2 aromatic carbocycles. The lowest BCUT2D eigenvalue weighted by Gasteiger charge is -2.28. The van der Waals surface area contributed by atoms with Gasteiger partial charge in [-0.2, -0.15) is 0 Å². The maximum Gasteiger partial charge on any atom is 0.322 e. The summed E-state index contributed by atoms with van der Waals surface area (Å²) < 4.78 is 5.20. The molecule has 1 N–H and O–H groups in total. The summed E-state index contributed by atoms with van der Waals surface area (Å²) in [7, 11) is 1.59. The number of aryl methyl sites for hydroxylation is 2. The number of urea groups is 1. The molecule has 3 amide bonds. The van der Waals surface area contributed by atoms with E-state index in [9.17, 15) is 9.59 Å². The van der Waals surface area contributed by atoms with Gasteiger partial charge in [-0.1, -0.05) is 54.6 Å². The first-order chi connectivity index (χ1) is 16.0. The van der Waals surface area contributed by atoms with E-state index in [2.05, 4.69) is 5.32 Å². The van der Waals surface area contributed by atoms with E-state index in [0.717, 1.165) is 27.3 Å². The summed E-state index contributed by atoms with van der Waals surface area (Å²) in [6, 6.07) is 19.5. The Bertz CT molecular complexity index is 1020. The van der Waals surface area contributed by atoms with Crippen molar-refractivity contribution in [2.75, 3.05) is 32.1 Å². The number of carbonyl (C=O) groups excluding carboxylic acids is 2. The van der Waals surface area contributed by atoms with Crippen LogP contribution in [-0.4, -0.2) is 48.5 Å². The van der Waals surface area contributed by atoms with Crippen LogP contribution in [0.15, 0.2) is 66.0 Å². The van der Waals surface area contributed by atoms with E-state index in [1.807, 2.05) is 79.9 Å². The molecule has 6 nitrogen and oxygen atoms in total. The Morgan fingerprint density at radius 1 is 0.909 bits per heavy atom. The van der Waals surface area contributed by atoms with Gasteiger partial charge in [-0.15, -0.1) is 11.3 Å². The fraction of sp³-hybridized carbons (Fsp3) is 0.308. The second kappa shape index (κ2) is 12.2. The summed E-state index contributed by atoms with van der Waals surface area (Å²) in [5.41, 5.74) is 3.78. The molecule has 0 atom stereocenters. The highest BCUT2D eigenvalue weighted by Crippen LogP contribution is 2.20. The lowest BCUT2D eigenvalue weighted by molar-refractivity contribution is -0.133. The lowest BCUT2D eigenvalue weighted by Crippen LogP contribution is -2.45. The molecule has 0 spiro atoms. The molecule has 0 unspecified atom stereocenters. The lowest BCUT2D eigenvalue weighted by atomic mass is 10.1. The van der Waals surface area contributed by atoms with Crippen molar-refractivity contribution in [3.8, 4) is 0 Å². The van der Waals surface area contributed by atoms with Crippen molar-refractivity contribution in [1.29, 1.82) is 0 Å². The van der Waals surface area contributed by atoms with Crippen LogP contribution in [0.4, 0.5) is 10.5 Å². The van der Waals surface area contributed by atoms with Gasteiger partial charge in [0.2, 0.25) is 5.91 Å². The minimum atomic E-state index is -0.311. The van der Waals surface area contributed by atoms with E-state index in [4.69, 9.17) is 4.74 Å². The number of methoxy groups -OCH3 is 1. The van der Waals surface area contributed by atoms with Gasteiger partial charge < -0.3 is 19.9 Å². The Labute approximate surface area is 199 Å². The van der Waals surface area contributed by atoms with Gasteiger partial charge in [0.15, 0.2) is 0 Å². The number of benzene rings is 2. The number of rotatable bonds is 10. The summed E-state index contributed by atoms with van der Waals surface area (Å²) in [5, 5.41) is 4.99. The maximum atomic E-state index is 13.4. The van der Waals surface area contributed by atoms with E-state index in [-0.39, 0.29) is 18.5 Å². The van der Waals surface area contributed by atoms with E-state index in [1.54, 1.807) is 23.3 Å². The first kappa shape index (κ1) is 24.5. The van der Waals surface area contributed by atoms with E-state index in [0.29, 0.717) is 26.2 Å². The third-order valence-corrected chi connectivity index (χ3v) is 6.25. The zero-order chi connectivity index (χ0) is 23.6. The summed E-state index contributed by atoms with van der Waals surface area (Å²) >= 11 is 1.62. The molecule has 1 heterocycles. The summed E-state index contributed by atoms with van der Waals surface area (Å²) in [4.78, 5) is 31.0. The highest BCUT2D eigenvalue weighted by molar-refractivity contribution is 7.09. The molecule has 174 valence electrons. The smallest absolute Gasteiger partial charge is 0.322 e. The molecule has 3 aromatic rings. The van der Waals surface area contributed by atoms with Crippen LogP contribution in [0.5, 0.6) is 0 Å². The summed E-state index contributed by atoms with van der Waals surface area (Å²) in [6.45, 7) is 5.52. The average molecular weight is 466 g/mol. The third-order valence-electron chi connectivity index (χ3n) is 5.39. The minimum absolute atomic E-state index is 0.0294. The van der Waals surface area contributed by atoms with E-state index < -0.39 is 0 Å². The largest absolute Gasteiger partial charge is 0.383 e. The van der Waals surface area contributed by atoms with Crippen molar-refractivity contribution < 1.29 is 14.3 Å². The third kappa shape index (κ3) is 7.17. The van der Waals surface area contributed by atoms with Crippen LogP contribution in [0.2, 0.25) is 0 Å². The highest BCUT2D eigenvalue weighted by atomic mass is 32.1. The van der Waals surface area contributed by atoms with Crippen molar-refractivity contribution in [3.05, 3.63) is 87.6 Å². The Hall–Kier alpha value is -3.16. The van der Waals surface area contributed by atoms with Crippen LogP contribution in [-0.2, 0) is 22.6 Å². The molecular weight excluding hydrogens is 434 g/mol. The van der Waals surface area contributed by atoms with Crippen LogP contribution < -0.4 is 5.32 Å². The number of para-hydroxylation sites is 1. The number of carbonyl (C=O) groups is 2. The van der Waals surface area contributed by atoms with Crippen molar-refractivity contribution in [3.63, 3.8) is 0 Å². The second-order valence-corrected chi connectivity index (χ2v) is 8.96.